The van der Waals surface area contributed by atoms with Crippen LogP contribution >= 0.6 is 0 Å². The van der Waals surface area contributed by atoms with Crippen LogP contribution in [0.15, 0.2) is 23.3 Å². The lowest BCUT2D eigenvalue weighted by molar-refractivity contribution is -0.252. The number of ketones is 1. The number of carbonyl (C=O) groups excluding carboxylic acids is 1. The third-order valence-corrected chi connectivity index (χ3v) is 3.60. The molecule has 0 heterocycles. The minimum Gasteiger partial charge on any atom is -0.333 e. The van der Waals surface area contributed by atoms with Gasteiger partial charge in [-0.3, -0.25) is 4.79 Å². The van der Waals surface area contributed by atoms with Crippen molar-refractivity contribution >= 4 is 5.78 Å². The van der Waals surface area contributed by atoms with Gasteiger partial charge in [-0.15, -0.1) is 0 Å². The van der Waals surface area contributed by atoms with Gasteiger partial charge in [-0.05, 0) is 50.2 Å². The van der Waals surface area contributed by atoms with Crippen molar-refractivity contribution in [1.82, 2.24) is 0 Å². The molecule has 1 aliphatic rings. The van der Waals surface area contributed by atoms with Crippen molar-refractivity contribution in [3.63, 3.8) is 0 Å². The fourth-order valence-corrected chi connectivity index (χ4v) is 2.50. The lowest BCUT2D eigenvalue weighted by Crippen LogP contribution is -2.19. The molecule has 0 saturated heterocycles. The topological polar surface area (TPSA) is 44.8 Å². The number of rotatable bonds is 5. The zero-order valence-electron chi connectivity index (χ0n) is 14.5. The molecule has 4 nitrogen and oxygen atoms in total. The molecule has 0 aromatic rings. The number of carbonyl (C=O) groups is 1. The summed E-state index contributed by atoms with van der Waals surface area (Å²) in [5.74, 6) is 0.131. The molecule has 1 rings (SSSR count). The molecule has 0 amide bonds. The third-order valence-electron chi connectivity index (χ3n) is 3.60. The second-order valence-corrected chi connectivity index (χ2v) is 5.87. The zero-order chi connectivity index (χ0) is 16.5. The largest absolute Gasteiger partial charge is 0.333 e. The van der Waals surface area contributed by atoms with Crippen LogP contribution in [-0.4, -0.2) is 33.6 Å². The fourth-order valence-electron chi connectivity index (χ4n) is 2.50. The van der Waals surface area contributed by atoms with Gasteiger partial charge in [0, 0.05) is 21.3 Å². The Morgan fingerprint density at radius 2 is 1.71 bits per heavy atom. The molecule has 0 aromatic heterocycles. The van der Waals surface area contributed by atoms with Crippen LogP contribution in [0.2, 0.25) is 0 Å². The second kappa shape index (κ2) is 9.87. The van der Waals surface area contributed by atoms with Gasteiger partial charge < -0.3 is 14.2 Å². The minimum atomic E-state index is -0.514. The summed E-state index contributed by atoms with van der Waals surface area (Å²) in [7, 11) is 4.53. The Morgan fingerprint density at radius 3 is 2.05 bits per heavy atom. The van der Waals surface area contributed by atoms with Gasteiger partial charge in [-0.2, -0.15) is 0 Å². The van der Waals surface area contributed by atoms with Crippen LogP contribution in [-0.2, 0) is 19.0 Å². The first-order chi connectivity index (χ1) is 9.78. The maximum atomic E-state index is 10.9. The van der Waals surface area contributed by atoms with E-state index in [0.29, 0.717) is 0 Å². The van der Waals surface area contributed by atoms with Gasteiger partial charge in [0.1, 0.15) is 0 Å². The fraction of sp³-hybridized carbons (Fsp3) is 0.706. The van der Waals surface area contributed by atoms with Gasteiger partial charge in [-0.25, -0.2) is 0 Å². The summed E-state index contributed by atoms with van der Waals surface area (Å²) in [6.45, 7) is 7.79. The molecule has 21 heavy (non-hydrogen) atoms. The van der Waals surface area contributed by atoms with E-state index in [1.165, 1.54) is 51.7 Å². The van der Waals surface area contributed by atoms with Crippen LogP contribution in [0.1, 0.15) is 47.0 Å². The first kappa shape index (κ1) is 20.0. The predicted molar refractivity (Wildman–Crippen MR) is 85.0 cm³/mol. The highest BCUT2D eigenvalue weighted by molar-refractivity contribution is 5.87. The summed E-state index contributed by atoms with van der Waals surface area (Å²) in [6.07, 6.45) is 7.38. The summed E-state index contributed by atoms with van der Waals surface area (Å²) in [6, 6.07) is 0. The molecular weight excluding hydrogens is 268 g/mol. The molecule has 0 aromatic carbocycles. The molecule has 4 heteroatoms. The molecule has 122 valence electrons. The number of hydrogen-bond acceptors (Lipinski definition) is 4. The van der Waals surface area contributed by atoms with E-state index in [1.807, 2.05) is 6.08 Å². The van der Waals surface area contributed by atoms with E-state index in [1.54, 1.807) is 13.0 Å². The molecule has 0 unspecified atom stereocenters. The van der Waals surface area contributed by atoms with Crippen molar-refractivity contribution in [2.24, 2.45) is 5.41 Å². The van der Waals surface area contributed by atoms with Gasteiger partial charge in [-0.1, -0.05) is 25.5 Å². The quantitative estimate of drug-likeness (QED) is 0.571. The highest BCUT2D eigenvalue weighted by Crippen LogP contribution is 2.40. The van der Waals surface area contributed by atoms with Crippen molar-refractivity contribution < 1.29 is 19.0 Å². The Bertz CT molecular complexity index is 371. The summed E-state index contributed by atoms with van der Waals surface area (Å²) in [4.78, 5) is 10.9. The Morgan fingerprint density at radius 1 is 1.19 bits per heavy atom. The van der Waals surface area contributed by atoms with Crippen molar-refractivity contribution in [3.8, 4) is 0 Å². The molecule has 0 spiro atoms. The maximum absolute atomic E-state index is 10.9. The average Bonchev–Trinajstić information content (AvgIpc) is 2.40. The van der Waals surface area contributed by atoms with Crippen LogP contribution in [0.5, 0.6) is 0 Å². The number of allylic oxidation sites excluding steroid dienone is 4. The standard InChI is InChI=1S/C13H20O.C4H10O3/c1-10-6-5-9-13(3,4)12(10)8-7-11(2)14;1-5-4(6-2)7-3/h7-8H,5-6,9H2,1-4H3;4H,1-3H3/b8-7+;. The molecule has 0 aliphatic heterocycles. The van der Waals surface area contributed by atoms with Crippen LogP contribution in [0.25, 0.3) is 0 Å². The Balaban J connectivity index is 0.000000486. The number of ether oxygens (including phenoxy) is 3. The van der Waals surface area contributed by atoms with E-state index >= 15 is 0 Å². The molecule has 0 atom stereocenters. The zero-order valence-corrected chi connectivity index (χ0v) is 14.5. The Kier molecular flexibility index (Phi) is 9.42. The average molecular weight is 298 g/mol. The van der Waals surface area contributed by atoms with E-state index in [4.69, 9.17) is 0 Å². The molecule has 0 bridgehead atoms. The number of hydrogen-bond donors (Lipinski definition) is 0. The van der Waals surface area contributed by atoms with Crippen molar-refractivity contribution in [2.75, 3.05) is 21.3 Å². The van der Waals surface area contributed by atoms with Crippen molar-refractivity contribution in [1.29, 1.82) is 0 Å². The smallest absolute Gasteiger partial charge is 0.270 e. The Labute approximate surface area is 129 Å². The van der Waals surface area contributed by atoms with Crippen LogP contribution in [0, 0.1) is 5.41 Å². The van der Waals surface area contributed by atoms with Gasteiger partial charge in [0.2, 0.25) is 0 Å². The van der Waals surface area contributed by atoms with Crippen LogP contribution in [0.4, 0.5) is 0 Å². The van der Waals surface area contributed by atoms with Gasteiger partial charge in [0.15, 0.2) is 5.78 Å². The van der Waals surface area contributed by atoms with E-state index in [-0.39, 0.29) is 11.2 Å². The summed E-state index contributed by atoms with van der Waals surface area (Å²) in [5.41, 5.74) is 3.05. The molecular formula is C17H30O4. The maximum Gasteiger partial charge on any atom is 0.270 e. The molecule has 0 saturated carbocycles. The first-order valence-electron chi connectivity index (χ1n) is 7.25. The molecule has 0 radical (unpaired) electrons. The second-order valence-electron chi connectivity index (χ2n) is 5.87. The van der Waals surface area contributed by atoms with Crippen molar-refractivity contribution in [3.05, 3.63) is 23.3 Å². The SMILES string of the molecule is CC(=O)/C=C/C1=C(C)CCCC1(C)C.COC(OC)OC. The lowest BCUT2D eigenvalue weighted by Gasteiger charge is -2.32. The van der Waals surface area contributed by atoms with Gasteiger partial charge in [0.25, 0.3) is 6.48 Å². The highest BCUT2D eigenvalue weighted by Gasteiger charge is 2.26. The highest BCUT2D eigenvalue weighted by atomic mass is 16.8. The lowest BCUT2D eigenvalue weighted by atomic mass is 9.72. The van der Waals surface area contributed by atoms with E-state index < -0.39 is 6.48 Å². The minimum absolute atomic E-state index is 0.131. The predicted octanol–water partition coefficient (Wildman–Crippen LogP) is 3.87. The van der Waals surface area contributed by atoms with Gasteiger partial charge >= 0.3 is 0 Å². The van der Waals surface area contributed by atoms with Crippen LogP contribution in [0.3, 0.4) is 0 Å². The molecule has 0 N–H and O–H groups in total. The third kappa shape index (κ3) is 7.55. The van der Waals surface area contributed by atoms with Crippen molar-refractivity contribution in [2.45, 2.75) is 53.4 Å². The van der Waals surface area contributed by atoms with Crippen LogP contribution < -0.4 is 0 Å². The monoisotopic (exact) mass is 298 g/mol. The van der Waals surface area contributed by atoms with E-state index in [9.17, 15) is 4.79 Å². The summed E-state index contributed by atoms with van der Waals surface area (Å²) in [5, 5.41) is 0. The van der Waals surface area contributed by atoms with Gasteiger partial charge in [0.05, 0.1) is 0 Å². The van der Waals surface area contributed by atoms with E-state index in [0.717, 1.165) is 0 Å². The molecule has 1 aliphatic carbocycles. The Hall–Kier alpha value is -0.970. The first-order valence-corrected chi connectivity index (χ1v) is 7.25. The summed E-state index contributed by atoms with van der Waals surface area (Å²) < 4.78 is 13.8. The number of methoxy groups -OCH3 is 3. The summed E-state index contributed by atoms with van der Waals surface area (Å²) >= 11 is 0. The normalized spacial score (nSPS) is 17.9. The van der Waals surface area contributed by atoms with E-state index in [2.05, 4.69) is 35.0 Å². The molecule has 0 fully saturated rings.